The lowest BCUT2D eigenvalue weighted by Gasteiger charge is -2.33. The third-order valence-electron chi connectivity index (χ3n) is 5.12. The predicted octanol–water partition coefficient (Wildman–Crippen LogP) is 3.99. The van der Waals surface area contributed by atoms with Crippen molar-refractivity contribution < 1.29 is 46.0 Å². The van der Waals surface area contributed by atoms with Crippen molar-refractivity contribution in [1.82, 2.24) is 9.80 Å². The molecule has 3 N–H and O–H groups in total. The topological polar surface area (TPSA) is 130 Å². The molecule has 0 unspecified atom stereocenters. The van der Waals surface area contributed by atoms with Gasteiger partial charge >= 0.3 is 18.3 Å². The van der Waals surface area contributed by atoms with Crippen LogP contribution in [0.25, 0.3) is 0 Å². The maximum absolute atomic E-state index is 13.0. The molecular weight excluding hydrogens is 502 g/mol. The van der Waals surface area contributed by atoms with E-state index in [4.69, 9.17) is 10.8 Å². The number of carbonyl (C=O) groups is 2. The monoisotopic (exact) mass is 522 g/mol. The Morgan fingerprint density at radius 2 is 1.42 bits per heavy atom. The third-order valence-corrected chi connectivity index (χ3v) is 5.12. The van der Waals surface area contributed by atoms with E-state index in [1.54, 1.807) is 0 Å². The van der Waals surface area contributed by atoms with Crippen molar-refractivity contribution in [3.63, 3.8) is 0 Å². The number of nitrogens with two attached hydrogens (primary N) is 1. The van der Waals surface area contributed by atoms with Crippen LogP contribution in [0.3, 0.4) is 0 Å². The number of nitro groups is 1. The van der Waals surface area contributed by atoms with Crippen LogP contribution in [-0.4, -0.2) is 64.9 Å². The number of amides is 1. The molecule has 36 heavy (non-hydrogen) atoms. The Morgan fingerprint density at radius 1 is 0.917 bits per heavy atom. The highest BCUT2D eigenvalue weighted by Crippen LogP contribution is 2.35. The summed E-state index contributed by atoms with van der Waals surface area (Å²) < 4.78 is 76.0. The van der Waals surface area contributed by atoms with Crippen LogP contribution < -0.4 is 5.73 Å². The second kappa shape index (κ2) is 10.8. The number of carbonyl (C=O) groups excluding carboxylic acids is 1. The van der Waals surface area contributed by atoms with Crippen molar-refractivity contribution in [3.8, 4) is 0 Å². The van der Waals surface area contributed by atoms with E-state index < -0.39 is 51.5 Å². The zero-order valence-electron chi connectivity index (χ0n) is 18.6. The van der Waals surface area contributed by atoms with Crippen molar-refractivity contribution in [1.29, 1.82) is 0 Å². The van der Waals surface area contributed by atoms with Gasteiger partial charge in [0.2, 0.25) is 0 Å². The van der Waals surface area contributed by atoms with Crippen LogP contribution in [0, 0.1) is 10.1 Å². The molecule has 1 fully saturated rings. The Hall–Kier alpha value is -3.88. The van der Waals surface area contributed by atoms with Crippen LogP contribution in [0.1, 0.15) is 31.8 Å². The molecule has 0 spiro atoms. The molecule has 9 nitrogen and oxygen atoms in total. The van der Waals surface area contributed by atoms with Crippen molar-refractivity contribution in [2.75, 3.05) is 39.0 Å². The lowest BCUT2D eigenvalue weighted by atomic mass is 10.0. The number of alkyl halides is 6. The fraction of sp³-hybridized carbons (Fsp3) is 0.333. The zero-order chi connectivity index (χ0) is 27.4. The summed E-state index contributed by atoms with van der Waals surface area (Å²) in [4.78, 5) is 35.4. The first-order chi connectivity index (χ1) is 16.5. The number of hydrogen-bond donors (Lipinski definition) is 2. The predicted molar refractivity (Wildman–Crippen MR) is 114 cm³/mol. The minimum absolute atomic E-state index is 0.00717. The van der Waals surface area contributed by atoms with Crippen molar-refractivity contribution in [2.24, 2.45) is 0 Å². The van der Waals surface area contributed by atoms with E-state index in [0.29, 0.717) is 38.3 Å². The number of nitrogen functional groups attached to an aromatic ring is 1. The minimum Gasteiger partial charge on any atom is -0.478 e. The highest BCUT2D eigenvalue weighted by molar-refractivity contribution is 5.96. The molecule has 1 heterocycles. The van der Waals surface area contributed by atoms with Gasteiger partial charge in [-0.25, -0.2) is 4.79 Å². The number of rotatable bonds is 3. The Morgan fingerprint density at radius 3 is 1.89 bits per heavy atom. The van der Waals surface area contributed by atoms with E-state index in [1.807, 2.05) is 11.9 Å². The molecule has 0 radical (unpaired) electrons. The van der Waals surface area contributed by atoms with Gasteiger partial charge < -0.3 is 20.6 Å². The first-order valence-corrected chi connectivity index (χ1v) is 10.1. The summed E-state index contributed by atoms with van der Waals surface area (Å²) in [7, 11) is 1.91. The van der Waals surface area contributed by atoms with Crippen LogP contribution >= 0.6 is 0 Å². The number of nitro benzene ring substituents is 1. The summed E-state index contributed by atoms with van der Waals surface area (Å²) in [6.45, 7) is 2.16. The van der Waals surface area contributed by atoms with Crippen LogP contribution in [0.5, 0.6) is 0 Å². The summed E-state index contributed by atoms with van der Waals surface area (Å²) in [6.07, 6.45) is -9.54. The molecule has 1 saturated heterocycles. The van der Waals surface area contributed by atoms with Gasteiger partial charge in [-0.2, -0.15) is 26.3 Å². The Bertz CT molecular complexity index is 1140. The van der Waals surface area contributed by atoms with E-state index in [9.17, 15) is 46.0 Å². The van der Waals surface area contributed by atoms with Gasteiger partial charge in [-0.3, -0.25) is 14.9 Å². The Kier molecular flexibility index (Phi) is 8.51. The molecule has 0 aliphatic carbocycles. The SMILES string of the molecule is CN1CCN(C(=O)c2ccc(N)cc2C(F)(F)F)CC1.O=C(O)c1ccc([N+](=O)[O-])cc1C(F)(F)F. The fourth-order valence-electron chi connectivity index (χ4n) is 3.23. The number of anilines is 1. The molecule has 1 aliphatic rings. The van der Waals surface area contributed by atoms with Gasteiger partial charge in [-0.1, -0.05) is 0 Å². The van der Waals surface area contributed by atoms with Gasteiger partial charge in [0.05, 0.1) is 27.2 Å². The summed E-state index contributed by atoms with van der Waals surface area (Å²) in [5, 5.41) is 18.7. The van der Waals surface area contributed by atoms with Crippen molar-refractivity contribution in [3.05, 3.63) is 68.8 Å². The zero-order valence-corrected chi connectivity index (χ0v) is 18.6. The maximum atomic E-state index is 13.0. The lowest BCUT2D eigenvalue weighted by Crippen LogP contribution is -2.47. The van der Waals surface area contributed by atoms with E-state index >= 15 is 0 Å². The van der Waals surface area contributed by atoms with E-state index in [2.05, 4.69) is 0 Å². The first-order valence-electron chi connectivity index (χ1n) is 10.1. The lowest BCUT2D eigenvalue weighted by molar-refractivity contribution is -0.385. The van der Waals surface area contributed by atoms with Gasteiger partial charge in [0, 0.05) is 44.0 Å². The average molecular weight is 522 g/mol. The van der Waals surface area contributed by atoms with Crippen LogP contribution in [0.2, 0.25) is 0 Å². The average Bonchev–Trinajstić information content (AvgIpc) is 2.78. The molecular formula is C21H20F6N4O5. The van der Waals surface area contributed by atoms with Crippen LogP contribution in [0.4, 0.5) is 37.7 Å². The Labute approximate surface area is 199 Å². The summed E-state index contributed by atoms with van der Waals surface area (Å²) >= 11 is 0. The van der Waals surface area contributed by atoms with E-state index in [0.717, 1.165) is 12.1 Å². The minimum atomic E-state index is -4.94. The smallest absolute Gasteiger partial charge is 0.417 e. The number of aromatic carboxylic acids is 1. The van der Waals surface area contributed by atoms with E-state index in [1.165, 1.54) is 11.0 Å². The van der Waals surface area contributed by atoms with Gasteiger partial charge in [0.25, 0.3) is 11.6 Å². The molecule has 1 aliphatic heterocycles. The molecule has 15 heteroatoms. The molecule has 1 amide bonds. The second-order valence-corrected chi connectivity index (χ2v) is 7.69. The quantitative estimate of drug-likeness (QED) is 0.270. The number of carboxylic acids is 1. The van der Waals surface area contributed by atoms with Crippen LogP contribution in [0.15, 0.2) is 36.4 Å². The van der Waals surface area contributed by atoms with Crippen molar-refractivity contribution >= 4 is 23.3 Å². The highest BCUT2D eigenvalue weighted by atomic mass is 19.4. The third kappa shape index (κ3) is 7.07. The summed E-state index contributed by atoms with van der Waals surface area (Å²) in [5.74, 6) is -2.38. The van der Waals surface area contributed by atoms with Gasteiger partial charge in [0.1, 0.15) is 0 Å². The van der Waals surface area contributed by atoms with Crippen molar-refractivity contribution in [2.45, 2.75) is 12.4 Å². The van der Waals surface area contributed by atoms with Gasteiger partial charge in [-0.15, -0.1) is 0 Å². The standard InChI is InChI=1S/C13H16F3N3O.C8H4F3NO4/c1-18-4-6-19(7-5-18)12(20)10-3-2-9(17)8-11(10)13(14,15)16;9-8(10,11)6-3-4(12(15)16)1-2-5(6)7(13)14/h2-3,8H,4-7,17H2,1H3;1-3H,(H,13,14). The largest absolute Gasteiger partial charge is 0.478 e. The number of carboxylic acid groups (broad SMARTS) is 1. The number of piperazine rings is 1. The number of nitrogens with zero attached hydrogens (tertiary/aromatic N) is 3. The van der Waals surface area contributed by atoms with Gasteiger partial charge in [0.15, 0.2) is 0 Å². The molecule has 0 bridgehead atoms. The summed E-state index contributed by atoms with van der Waals surface area (Å²) in [5.41, 5.74) is 0.718. The number of likely N-dealkylation sites (N-methyl/N-ethyl adjacent to an activating group) is 1. The second-order valence-electron chi connectivity index (χ2n) is 7.69. The van der Waals surface area contributed by atoms with E-state index in [-0.39, 0.29) is 17.3 Å². The number of non-ortho nitro benzene ring substituents is 1. The molecule has 0 saturated carbocycles. The summed E-state index contributed by atoms with van der Waals surface area (Å²) in [6, 6.07) is 4.74. The highest BCUT2D eigenvalue weighted by Gasteiger charge is 2.38. The fourth-order valence-corrected chi connectivity index (χ4v) is 3.23. The van der Waals surface area contributed by atoms with Gasteiger partial charge in [-0.05, 0) is 31.3 Å². The molecule has 196 valence electrons. The number of halogens is 6. The number of hydrogen-bond acceptors (Lipinski definition) is 6. The maximum Gasteiger partial charge on any atom is 0.417 e. The number of benzene rings is 2. The normalized spacial score (nSPS) is 14.6. The molecule has 2 aromatic rings. The molecule has 0 atom stereocenters. The first kappa shape index (κ1) is 28.4. The molecule has 2 aromatic carbocycles. The molecule has 0 aromatic heterocycles. The molecule has 3 rings (SSSR count). The van der Waals surface area contributed by atoms with Crippen LogP contribution in [-0.2, 0) is 12.4 Å². The Balaban J connectivity index is 0.000000261.